The molecule has 0 aliphatic carbocycles. The Balaban J connectivity index is 5.29. The van der Waals surface area contributed by atoms with Crippen molar-refractivity contribution in [2.24, 2.45) is 11.8 Å². The first-order valence-electron chi connectivity index (χ1n) is 39.9. The molecule has 3 N–H and O–H groups in total. The van der Waals surface area contributed by atoms with Crippen molar-refractivity contribution in [3.8, 4) is 0 Å². The normalized spacial score (nSPS) is 14.7. The van der Waals surface area contributed by atoms with Gasteiger partial charge in [-0.2, -0.15) is 0 Å². The third-order valence-electron chi connectivity index (χ3n) is 18.3. The zero-order valence-electron chi connectivity index (χ0n) is 62.9. The van der Waals surface area contributed by atoms with Crippen LogP contribution in [0.2, 0.25) is 0 Å². The molecule has 0 aromatic rings. The van der Waals surface area contributed by atoms with Crippen LogP contribution in [0.5, 0.6) is 0 Å². The molecule has 0 aromatic carbocycles. The van der Waals surface area contributed by atoms with Crippen LogP contribution in [0.4, 0.5) is 0 Å². The van der Waals surface area contributed by atoms with E-state index in [2.05, 4.69) is 65.8 Å². The van der Waals surface area contributed by atoms with E-state index in [1.165, 1.54) is 180 Å². The maximum absolute atomic E-state index is 13.1. The fourth-order valence-corrected chi connectivity index (χ4v) is 13.0. The van der Waals surface area contributed by atoms with E-state index in [4.69, 9.17) is 37.0 Å². The summed E-state index contributed by atoms with van der Waals surface area (Å²) in [6, 6.07) is 0. The molecule has 17 nitrogen and oxygen atoms in total. The van der Waals surface area contributed by atoms with Crippen LogP contribution in [-0.2, 0) is 65.4 Å². The van der Waals surface area contributed by atoms with Gasteiger partial charge >= 0.3 is 39.5 Å². The number of phosphoric ester groups is 2. The van der Waals surface area contributed by atoms with Gasteiger partial charge < -0.3 is 33.8 Å². The Kier molecular flexibility index (Phi) is 67.5. The summed E-state index contributed by atoms with van der Waals surface area (Å²) in [5.74, 6) is -0.532. The fourth-order valence-electron chi connectivity index (χ4n) is 11.4. The van der Waals surface area contributed by atoms with Crippen LogP contribution in [0.15, 0.2) is 24.3 Å². The Morgan fingerprint density at radius 2 is 0.577 bits per heavy atom. The van der Waals surface area contributed by atoms with Crippen molar-refractivity contribution in [3.63, 3.8) is 0 Å². The van der Waals surface area contributed by atoms with Gasteiger partial charge in [-0.25, -0.2) is 9.13 Å². The summed E-state index contributed by atoms with van der Waals surface area (Å²) in [5, 5.41) is 10.6. The Morgan fingerprint density at radius 3 is 0.876 bits per heavy atom. The van der Waals surface area contributed by atoms with E-state index in [9.17, 15) is 43.2 Å². The Morgan fingerprint density at radius 1 is 0.330 bits per heavy atom. The number of hydrogen-bond donors (Lipinski definition) is 3. The molecule has 0 saturated heterocycles. The lowest BCUT2D eigenvalue weighted by Crippen LogP contribution is -2.30. The minimum atomic E-state index is -4.97. The maximum Gasteiger partial charge on any atom is 0.472 e. The lowest BCUT2D eigenvalue weighted by atomic mass is 9.99. The average Bonchev–Trinajstić information content (AvgIpc) is 1.34. The van der Waals surface area contributed by atoms with Gasteiger partial charge in [0.15, 0.2) is 12.2 Å². The van der Waals surface area contributed by atoms with Crippen LogP contribution in [-0.4, -0.2) is 96.7 Å². The monoisotopic (exact) mass is 1420 g/mol. The van der Waals surface area contributed by atoms with E-state index in [0.717, 1.165) is 121 Å². The van der Waals surface area contributed by atoms with Crippen molar-refractivity contribution in [2.45, 2.75) is 400 Å². The Bertz CT molecular complexity index is 1970. The van der Waals surface area contributed by atoms with Crippen LogP contribution in [0.3, 0.4) is 0 Å². The molecule has 0 saturated carbocycles. The number of allylic oxidation sites excluding steroid dienone is 4. The molecule has 0 aliphatic rings. The first-order valence-corrected chi connectivity index (χ1v) is 42.9. The van der Waals surface area contributed by atoms with Gasteiger partial charge in [0, 0.05) is 25.7 Å². The number of phosphoric acid groups is 2. The quantitative estimate of drug-likeness (QED) is 0.0169. The zero-order chi connectivity index (χ0) is 71.4. The van der Waals surface area contributed by atoms with Gasteiger partial charge in [-0.15, -0.1) is 0 Å². The van der Waals surface area contributed by atoms with Gasteiger partial charge in [-0.3, -0.25) is 37.3 Å². The summed E-state index contributed by atoms with van der Waals surface area (Å²) in [6.45, 7) is 9.59. The molecule has 0 aliphatic heterocycles. The van der Waals surface area contributed by atoms with Gasteiger partial charge in [0.1, 0.15) is 19.3 Å². The molecule has 0 bridgehead atoms. The van der Waals surface area contributed by atoms with Gasteiger partial charge in [0.25, 0.3) is 0 Å². The smallest absolute Gasteiger partial charge is 0.462 e. The van der Waals surface area contributed by atoms with Gasteiger partial charge in [0.2, 0.25) is 0 Å². The molecular weight excluding hydrogens is 1270 g/mol. The molecule has 0 radical (unpaired) electrons. The summed E-state index contributed by atoms with van der Waals surface area (Å²) in [4.78, 5) is 72.9. The molecule has 19 heteroatoms. The molecule has 0 aromatic heterocycles. The predicted octanol–water partition coefficient (Wildman–Crippen LogP) is 22.7. The third-order valence-corrected chi connectivity index (χ3v) is 20.2. The van der Waals surface area contributed by atoms with Crippen LogP contribution >= 0.6 is 15.6 Å². The van der Waals surface area contributed by atoms with Crippen molar-refractivity contribution in [1.29, 1.82) is 0 Å². The number of hydrogen-bond acceptors (Lipinski definition) is 15. The van der Waals surface area contributed by atoms with Crippen molar-refractivity contribution < 1.29 is 80.2 Å². The molecule has 0 amide bonds. The van der Waals surface area contributed by atoms with Crippen LogP contribution in [0.1, 0.15) is 382 Å². The topological polar surface area (TPSA) is 237 Å². The zero-order valence-corrected chi connectivity index (χ0v) is 64.7. The summed E-state index contributed by atoms with van der Waals surface area (Å²) in [7, 11) is -9.93. The molecule has 0 fully saturated rings. The van der Waals surface area contributed by atoms with E-state index in [1.54, 1.807) is 0 Å². The number of aliphatic hydroxyl groups excluding tert-OH is 1. The number of aliphatic hydroxyl groups is 1. The Hall–Kier alpha value is -2.46. The van der Waals surface area contributed by atoms with E-state index in [1.807, 2.05) is 0 Å². The highest BCUT2D eigenvalue weighted by atomic mass is 31.2. The van der Waals surface area contributed by atoms with E-state index < -0.39 is 97.5 Å². The molecule has 0 spiro atoms. The molecule has 97 heavy (non-hydrogen) atoms. The van der Waals surface area contributed by atoms with Gasteiger partial charge in [-0.05, 0) is 63.2 Å². The molecular formula is C78H148O17P2. The van der Waals surface area contributed by atoms with Crippen LogP contribution in [0, 0.1) is 11.8 Å². The second-order valence-electron chi connectivity index (χ2n) is 27.9. The van der Waals surface area contributed by atoms with Crippen molar-refractivity contribution in [3.05, 3.63) is 24.3 Å². The van der Waals surface area contributed by atoms with Crippen LogP contribution in [0.25, 0.3) is 0 Å². The lowest BCUT2D eigenvalue weighted by Gasteiger charge is -2.21. The van der Waals surface area contributed by atoms with E-state index in [0.29, 0.717) is 25.7 Å². The highest BCUT2D eigenvalue weighted by Crippen LogP contribution is 2.45. The SMILES string of the molecule is CCCCCC/C=C\C=C/CCCCCCCC(=O)OC[C@H](COP(=O)(O)OC[C@@H](O)COP(=O)(O)OC[C@@H](COC(=O)CCCCCCCCCCCCCC)OC(=O)CCCCCCCCCCC(C)CC)OC(=O)CCCCCCCCCCCCCCCCC(C)CC. The summed E-state index contributed by atoms with van der Waals surface area (Å²) < 4.78 is 68.6. The number of rotatable bonds is 75. The first kappa shape index (κ1) is 94.5. The number of carbonyl (C=O) groups is 4. The lowest BCUT2D eigenvalue weighted by molar-refractivity contribution is -0.161. The van der Waals surface area contributed by atoms with Crippen molar-refractivity contribution in [1.82, 2.24) is 0 Å². The molecule has 0 heterocycles. The third kappa shape index (κ3) is 69.1. The van der Waals surface area contributed by atoms with E-state index >= 15 is 0 Å². The minimum absolute atomic E-state index is 0.101. The standard InChI is InChI=1S/C78H148O17P2/c1-7-11-13-15-17-19-21-23-24-28-32-36-43-49-55-61-76(81)88-66-73(94-77(82)62-56-50-44-37-33-29-26-25-27-30-34-40-46-52-58-70(5)9-3)68-92-96(84,85)90-64-72(79)65-91-97(86,87)93-69-74(95-78(83)63-57-51-45-39-38-41-47-53-59-71(6)10-4)67-89-75(80)60-54-48-42-35-31-22-20-18-16-14-12-8-2/h19,21,23-24,70-74,79H,7-18,20,22,25-69H2,1-6H3,(H,84,85)(H,86,87)/b21-19-,24-23-/t70?,71?,72-,73-,74-/m1/s1. The first-order chi connectivity index (χ1) is 46.9. The number of esters is 4. The van der Waals surface area contributed by atoms with Crippen molar-refractivity contribution in [2.75, 3.05) is 39.6 Å². The highest BCUT2D eigenvalue weighted by Gasteiger charge is 2.30. The van der Waals surface area contributed by atoms with Crippen molar-refractivity contribution >= 4 is 39.5 Å². The van der Waals surface area contributed by atoms with E-state index in [-0.39, 0.29) is 25.7 Å². The Labute approximate surface area is 592 Å². The van der Waals surface area contributed by atoms with Gasteiger partial charge in [0.05, 0.1) is 26.4 Å². The molecule has 4 unspecified atom stereocenters. The maximum atomic E-state index is 13.1. The molecule has 0 rings (SSSR count). The minimum Gasteiger partial charge on any atom is -0.462 e. The fraction of sp³-hybridized carbons (Fsp3) is 0.897. The second kappa shape index (κ2) is 69.3. The second-order valence-corrected chi connectivity index (χ2v) is 30.8. The molecule has 7 atom stereocenters. The van der Waals surface area contributed by atoms with Gasteiger partial charge in [-0.1, -0.05) is 329 Å². The number of unbranched alkanes of at least 4 members (excludes halogenated alkanes) is 40. The number of ether oxygens (including phenoxy) is 4. The summed E-state index contributed by atoms with van der Waals surface area (Å²) in [5.41, 5.74) is 0. The number of carbonyl (C=O) groups excluding carboxylic acids is 4. The average molecular weight is 1420 g/mol. The summed E-state index contributed by atoms with van der Waals surface area (Å²) in [6.07, 6.45) is 60.2. The molecule has 572 valence electrons. The predicted molar refractivity (Wildman–Crippen MR) is 395 cm³/mol. The highest BCUT2D eigenvalue weighted by molar-refractivity contribution is 7.47. The largest absolute Gasteiger partial charge is 0.472 e. The van der Waals surface area contributed by atoms with Crippen LogP contribution < -0.4 is 0 Å². The summed E-state index contributed by atoms with van der Waals surface area (Å²) >= 11 is 0.